The Labute approximate surface area is 96.7 Å². The molecule has 0 saturated carbocycles. The summed E-state index contributed by atoms with van der Waals surface area (Å²) in [4.78, 5) is 34.6. The largest absolute Gasteiger partial charge is 0.395 e. The van der Waals surface area contributed by atoms with Crippen LogP contribution in [0.3, 0.4) is 0 Å². The van der Waals surface area contributed by atoms with Crippen molar-refractivity contribution in [3.05, 3.63) is 35.4 Å². The maximum atomic E-state index is 11.9. The number of benzene rings is 1. The van der Waals surface area contributed by atoms with Crippen molar-refractivity contribution >= 4 is 17.9 Å². The second-order valence-corrected chi connectivity index (χ2v) is 3.90. The minimum Gasteiger partial charge on any atom is -0.395 e. The van der Waals surface area contributed by atoms with Crippen LogP contribution in [-0.2, 0) is 4.79 Å². The van der Waals surface area contributed by atoms with Gasteiger partial charge in [0.05, 0.1) is 12.5 Å². The standard InChI is InChI=1S/C12H10O5/c13-5-7(6-14)12(17)10(15)8-3-1-2-4-9(8)11(12)16/h1-5,7,14,17H,6H2. The number of hydrogen-bond donors (Lipinski definition) is 2. The lowest BCUT2D eigenvalue weighted by atomic mass is 9.84. The molecule has 0 aromatic heterocycles. The van der Waals surface area contributed by atoms with Crippen LogP contribution in [0.15, 0.2) is 24.3 Å². The van der Waals surface area contributed by atoms with E-state index in [9.17, 15) is 19.5 Å². The molecule has 5 heteroatoms. The molecule has 2 N–H and O–H groups in total. The summed E-state index contributed by atoms with van der Waals surface area (Å²) in [6, 6.07) is 5.94. The Balaban J connectivity index is 2.59. The molecule has 1 aliphatic carbocycles. The van der Waals surface area contributed by atoms with Crippen LogP contribution in [0.2, 0.25) is 0 Å². The van der Waals surface area contributed by atoms with E-state index in [-0.39, 0.29) is 17.4 Å². The quantitative estimate of drug-likeness (QED) is 0.548. The van der Waals surface area contributed by atoms with E-state index >= 15 is 0 Å². The van der Waals surface area contributed by atoms with Crippen molar-refractivity contribution in [1.29, 1.82) is 0 Å². The molecule has 0 spiro atoms. The number of aliphatic hydroxyl groups is 2. The fourth-order valence-corrected chi connectivity index (χ4v) is 2.00. The molecule has 0 radical (unpaired) electrons. The van der Waals surface area contributed by atoms with Crippen molar-refractivity contribution in [2.24, 2.45) is 5.92 Å². The van der Waals surface area contributed by atoms with Gasteiger partial charge in [-0.25, -0.2) is 0 Å². The number of hydrogen-bond acceptors (Lipinski definition) is 5. The predicted molar refractivity (Wildman–Crippen MR) is 56.7 cm³/mol. The molecule has 88 valence electrons. The number of fused-ring (bicyclic) bond motifs is 1. The summed E-state index contributed by atoms with van der Waals surface area (Å²) in [5.74, 6) is -3.09. The number of rotatable bonds is 3. The first-order chi connectivity index (χ1) is 8.07. The highest BCUT2D eigenvalue weighted by atomic mass is 16.3. The summed E-state index contributed by atoms with van der Waals surface area (Å²) in [6.45, 7) is -0.758. The van der Waals surface area contributed by atoms with E-state index in [1.165, 1.54) is 12.1 Å². The Morgan fingerprint density at radius 1 is 1.18 bits per heavy atom. The van der Waals surface area contributed by atoms with E-state index in [0.29, 0.717) is 0 Å². The molecule has 5 nitrogen and oxygen atoms in total. The van der Waals surface area contributed by atoms with Crippen molar-refractivity contribution in [3.8, 4) is 0 Å². The highest BCUT2D eigenvalue weighted by molar-refractivity contribution is 6.32. The Morgan fingerprint density at radius 2 is 1.65 bits per heavy atom. The molecule has 17 heavy (non-hydrogen) atoms. The zero-order valence-electron chi connectivity index (χ0n) is 8.79. The molecule has 1 aromatic rings. The predicted octanol–water partition coefficient (Wildman–Crippen LogP) is -0.396. The van der Waals surface area contributed by atoms with Crippen LogP contribution >= 0.6 is 0 Å². The minimum atomic E-state index is -2.46. The summed E-state index contributed by atoms with van der Waals surface area (Å²) in [7, 11) is 0. The van der Waals surface area contributed by atoms with E-state index < -0.39 is 29.7 Å². The van der Waals surface area contributed by atoms with E-state index in [1.54, 1.807) is 12.1 Å². The Kier molecular flexibility index (Phi) is 2.65. The Hall–Kier alpha value is -1.85. The molecule has 0 saturated heterocycles. The van der Waals surface area contributed by atoms with Gasteiger partial charge in [-0.3, -0.25) is 9.59 Å². The number of ketones is 2. The van der Waals surface area contributed by atoms with Crippen molar-refractivity contribution in [3.63, 3.8) is 0 Å². The van der Waals surface area contributed by atoms with Gasteiger partial charge in [0.15, 0.2) is 0 Å². The number of Topliss-reactive ketones (excluding diaryl/α,β-unsaturated/α-hetero) is 2. The molecular weight excluding hydrogens is 224 g/mol. The molecule has 1 atom stereocenters. The third-order valence-electron chi connectivity index (χ3n) is 3.01. The highest BCUT2D eigenvalue weighted by Gasteiger charge is 2.56. The van der Waals surface area contributed by atoms with E-state index in [1.807, 2.05) is 0 Å². The van der Waals surface area contributed by atoms with Crippen molar-refractivity contribution in [2.45, 2.75) is 5.60 Å². The zero-order valence-corrected chi connectivity index (χ0v) is 8.79. The first-order valence-corrected chi connectivity index (χ1v) is 5.04. The molecule has 1 aromatic carbocycles. The second-order valence-electron chi connectivity index (χ2n) is 3.90. The summed E-state index contributed by atoms with van der Waals surface area (Å²) in [6.07, 6.45) is 0.224. The molecule has 0 aliphatic heterocycles. The summed E-state index contributed by atoms with van der Waals surface area (Å²) >= 11 is 0. The van der Waals surface area contributed by atoms with Crippen molar-refractivity contribution in [1.82, 2.24) is 0 Å². The van der Waals surface area contributed by atoms with Crippen LogP contribution in [0.5, 0.6) is 0 Å². The molecule has 1 aliphatic rings. The Bertz CT molecular complexity index is 470. The topological polar surface area (TPSA) is 91.7 Å². The van der Waals surface area contributed by atoms with Gasteiger partial charge in [-0.1, -0.05) is 24.3 Å². The van der Waals surface area contributed by atoms with Crippen LogP contribution in [0, 0.1) is 5.92 Å². The lowest BCUT2D eigenvalue weighted by Crippen LogP contribution is -2.50. The maximum absolute atomic E-state index is 11.9. The number of carbonyl (C=O) groups excluding carboxylic acids is 3. The smallest absolute Gasteiger partial charge is 0.203 e. The average Bonchev–Trinajstić information content (AvgIpc) is 2.55. The fourth-order valence-electron chi connectivity index (χ4n) is 2.00. The van der Waals surface area contributed by atoms with Gasteiger partial charge in [0.2, 0.25) is 17.2 Å². The monoisotopic (exact) mass is 234 g/mol. The van der Waals surface area contributed by atoms with Crippen molar-refractivity contribution in [2.75, 3.05) is 6.61 Å². The van der Waals surface area contributed by atoms with E-state index in [4.69, 9.17) is 5.11 Å². The summed E-state index contributed by atoms with van der Waals surface area (Å²) in [5.41, 5.74) is -2.29. The molecule has 0 amide bonds. The van der Waals surface area contributed by atoms with Crippen LogP contribution in [-0.4, -0.2) is 40.3 Å². The zero-order chi connectivity index (χ0) is 12.6. The Morgan fingerprint density at radius 3 is 2.00 bits per heavy atom. The SMILES string of the molecule is O=CC(CO)C1(O)C(=O)c2ccccc2C1=O. The molecule has 0 bridgehead atoms. The second kappa shape index (κ2) is 3.87. The van der Waals surface area contributed by atoms with Crippen LogP contribution in [0.1, 0.15) is 20.7 Å². The van der Waals surface area contributed by atoms with Gasteiger partial charge in [-0.05, 0) is 0 Å². The molecule has 0 heterocycles. The first-order valence-electron chi connectivity index (χ1n) is 5.04. The normalized spacial score (nSPS) is 18.9. The first kappa shape index (κ1) is 11.6. The van der Waals surface area contributed by atoms with Gasteiger partial charge in [-0.2, -0.15) is 0 Å². The minimum absolute atomic E-state index is 0.0836. The van der Waals surface area contributed by atoms with Gasteiger partial charge < -0.3 is 15.0 Å². The average molecular weight is 234 g/mol. The fraction of sp³-hybridized carbons (Fsp3) is 0.250. The third-order valence-corrected chi connectivity index (χ3v) is 3.01. The van der Waals surface area contributed by atoms with E-state index in [0.717, 1.165) is 0 Å². The molecule has 1 unspecified atom stereocenters. The van der Waals surface area contributed by atoms with Crippen LogP contribution in [0.25, 0.3) is 0 Å². The molecular formula is C12H10O5. The highest BCUT2D eigenvalue weighted by Crippen LogP contribution is 2.34. The van der Waals surface area contributed by atoms with Gasteiger partial charge in [0, 0.05) is 11.1 Å². The van der Waals surface area contributed by atoms with Gasteiger partial charge in [-0.15, -0.1) is 0 Å². The number of aliphatic hydroxyl groups excluding tert-OH is 1. The molecule has 0 fully saturated rings. The lowest BCUT2D eigenvalue weighted by Gasteiger charge is -2.23. The van der Waals surface area contributed by atoms with Crippen molar-refractivity contribution < 1.29 is 24.6 Å². The third kappa shape index (κ3) is 1.36. The van der Waals surface area contributed by atoms with Crippen LogP contribution in [0.4, 0.5) is 0 Å². The maximum Gasteiger partial charge on any atom is 0.203 e. The number of aldehydes is 1. The van der Waals surface area contributed by atoms with Gasteiger partial charge in [0.25, 0.3) is 0 Å². The summed E-state index contributed by atoms with van der Waals surface area (Å²) in [5, 5.41) is 19.1. The number of carbonyl (C=O) groups is 3. The van der Waals surface area contributed by atoms with Gasteiger partial charge in [0.1, 0.15) is 6.29 Å². The van der Waals surface area contributed by atoms with Gasteiger partial charge >= 0.3 is 0 Å². The lowest BCUT2D eigenvalue weighted by molar-refractivity contribution is -0.117. The van der Waals surface area contributed by atoms with Crippen LogP contribution < -0.4 is 0 Å². The van der Waals surface area contributed by atoms with E-state index in [2.05, 4.69) is 0 Å². The molecule has 2 rings (SSSR count). The summed E-state index contributed by atoms with van der Waals surface area (Å²) < 4.78 is 0.